The van der Waals surface area contributed by atoms with E-state index >= 15 is 0 Å². The van der Waals surface area contributed by atoms with Crippen LogP contribution in [0.3, 0.4) is 0 Å². The van der Waals surface area contributed by atoms with Crippen molar-refractivity contribution in [2.24, 2.45) is 5.92 Å². The summed E-state index contributed by atoms with van der Waals surface area (Å²) >= 11 is 2.20. The molecule has 2 fully saturated rings. The van der Waals surface area contributed by atoms with Crippen molar-refractivity contribution in [2.75, 3.05) is 12.8 Å². The van der Waals surface area contributed by atoms with Gasteiger partial charge in [-0.05, 0) is 38.0 Å². The molecule has 2 unspecified atom stereocenters. The van der Waals surface area contributed by atoms with Gasteiger partial charge in [0.25, 0.3) is 0 Å². The zero-order valence-corrected chi connectivity index (χ0v) is 10.8. The van der Waals surface area contributed by atoms with Crippen LogP contribution in [-0.4, -0.2) is 24.1 Å². The number of rotatable bonds is 4. The summed E-state index contributed by atoms with van der Waals surface area (Å²) in [6, 6.07) is 0.792. The normalized spacial score (nSPS) is 30.6. The Morgan fingerprint density at radius 3 is 2.53 bits per heavy atom. The Morgan fingerprint density at radius 2 is 1.93 bits per heavy atom. The van der Waals surface area contributed by atoms with Crippen LogP contribution in [0.4, 0.5) is 0 Å². The summed E-state index contributed by atoms with van der Waals surface area (Å²) in [6.07, 6.45) is 11.8. The predicted molar refractivity (Wildman–Crippen MR) is 69.5 cm³/mol. The molecular formula is C13H25NS. The van der Waals surface area contributed by atoms with Crippen LogP contribution in [0.15, 0.2) is 0 Å². The number of nitrogens with one attached hydrogen (secondary N) is 1. The molecule has 15 heavy (non-hydrogen) atoms. The first-order valence-corrected chi connectivity index (χ1v) is 7.74. The van der Waals surface area contributed by atoms with E-state index in [-0.39, 0.29) is 0 Å². The van der Waals surface area contributed by atoms with E-state index in [0.29, 0.717) is 0 Å². The minimum atomic E-state index is 0.792. The van der Waals surface area contributed by atoms with Crippen molar-refractivity contribution in [2.45, 2.75) is 62.7 Å². The highest BCUT2D eigenvalue weighted by molar-refractivity contribution is 8.00. The van der Waals surface area contributed by atoms with E-state index in [2.05, 4.69) is 24.1 Å². The average Bonchev–Trinajstić information content (AvgIpc) is 2.81. The molecule has 1 heterocycles. The summed E-state index contributed by atoms with van der Waals surface area (Å²) in [5, 5.41) is 4.48. The standard InChI is InChI=1S/C13H25NS/c1-14-12(13-8-5-9-15-13)10-11-6-3-2-4-7-11/h11-14H,2-10H2,1H3. The van der Waals surface area contributed by atoms with Crippen molar-refractivity contribution >= 4 is 11.8 Å². The summed E-state index contributed by atoms with van der Waals surface area (Å²) in [6.45, 7) is 0. The Morgan fingerprint density at radius 1 is 1.13 bits per heavy atom. The Hall–Kier alpha value is 0.310. The highest BCUT2D eigenvalue weighted by atomic mass is 32.2. The molecule has 2 atom stereocenters. The summed E-state index contributed by atoms with van der Waals surface area (Å²) < 4.78 is 0. The van der Waals surface area contributed by atoms with Crippen LogP contribution in [0.25, 0.3) is 0 Å². The van der Waals surface area contributed by atoms with Gasteiger partial charge in [0.05, 0.1) is 0 Å². The fraction of sp³-hybridized carbons (Fsp3) is 1.00. The second-order valence-corrected chi connectivity index (χ2v) is 6.53. The van der Waals surface area contributed by atoms with Gasteiger partial charge in [-0.15, -0.1) is 0 Å². The van der Waals surface area contributed by atoms with Gasteiger partial charge in [-0.1, -0.05) is 32.1 Å². The molecule has 1 aliphatic heterocycles. The number of hydrogen-bond acceptors (Lipinski definition) is 2. The van der Waals surface area contributed by atoms with E-state index in [9.17, 15) is 0 Å². The van der Waals surface area contributed by atoms with Gasteiger partial charge in [0.2, 0.25) is 0 Å². The van der Waals surface area contributed by atoms with Gasteiger partial charge in [-0.25, -0.2) is 0 Å². The molecule has 0 spiro atoms. The maximum Gasteiger partial charge on any atom is 0.0201 e. The molecule has 2 heteroatoms. The molecule has 1 N–H and O–H groups in total. The Balaban J connectivity index is 1.78. The molecule has 1 nitrogen and oxygen atoms in total. The van der Waals surface area contributed by atoms with Gasteiger partial charge in [0, 0.05) is 11.3 Å². The molecule has 0 aromatic heterocycles. The highest BCUT2D eigenvalue weighted by Gasteiger charge is 2.27. The van der Waals surface area contributed by atoms with Crippen LogP contribution < -0.4 is 5.32 Å². The largest absolute Gasteiger partial charge is 0.316 e. The first-order valence-electron chi connectivity index (χ1n) is 6.69. The maximum absolute atomic E-state index is 3.57. The van der Waals surface area contributed by atoms with E-state index in [1.54, 1.807) is 0 Å². The van der Waals surface area contributed by atoms with Gasteiger partial charge < -0.3 is 5.32 Å². The molecular weight excluding hydrogens is 202 g/mol. The van der Waals surface area contributed by atoms with Crippen LogP contribution >= 0.6 is 11.8 Å². The van der Waals surface area contributed by atoms with Gasteiger partial charge >= 0.3 is 0 Å². The summed E-state index contributed by atoms with van der Waals surface area (Å²) in [7, 11) is 2.16. The quantitative estimate of drug-likeness (QED) is 0.789. The van der Waals surface area contributed by atoms with E-state index in [0.717, 1.165) is 17.2 Å². The highest BCUT2D eigenvalue weighted by Crippen LogP contribution is 2.34. The second-order valence-electron chi connectivity index (χ2n) is 5.19. The average molecular weight is 227 g/mol. The minimum Gasteiger partial charge on any atom is -0.316 e. The third kappa shape index (κ3) is 3.39. The Labute approximate surface area is 98.8 Å². The van der Waals surface area contributed by atoms with E-state index in [4.69, 9.17) is 0 Å². The topological polar surface area (TPSA) is 12.0 Å². The lowest BCUT2D eigenvalue weighted by Crippen LogP contribution is -2.36. The molecule has 88 valence electrons. The minimum absolute atomic E-state index is 0.792. The lowest BCUT2D eigenvalue weighted by atomic mass is 9.84. The van der Waals surface area contributed by atoms with Crippen LogP contribution in [0, 0.1) is 5.92 Å². The first-order chi connectivity index (χ1) is 7.40. The van der Waals surface area contributed by atoms with Crippen molar-refractivity contribution in [3.63, 3.8) is 0 Å². The van der Waals surface area contributed by atoms with Crippen molar-refractivity contribution in [3.05, 3.63) is 0 Å². The van der Waals surface area contributed by atoms with Crippen molar-refractivity contribution in [1.82, 2.24) is 5.32 Å². The Bertz CT molecular complexity index is 171. The van der Waals surface area contributed by atoms with Gasteiger partial charge in [-0.3, -0.25) is 0 Å². The first kappa shape index (κ1) is 11.8. The second kappa shape index (κ2) is 6.15. The molecule has 0 radical (unpaired) electrons. The van der Waals surface area contributed by atoms with E-state index in [1.165, 1.54) is 57.1 Å². The molecule has 0 aromatic rings. The molecule has 2 rings (SSSR count). The van der Waals surface area contributed by atoms with Crippen LogP contribution in [0.5, 0.6) is 0 Å². The van der Waals surface area contributed by atoms with Crippen molar-refractivity contribution < 1.29 is 0 Å². The fourth-order valence-electron chi connectivity index (χ4n) is 3.16. The van der Waals surface area contributed by atoms with Crippen LogP contribution in [0.2, 0.25) is 0 Å². The number of hydrogen-bond donors (Lipinski definition) is 1. The zero-order chi connectivity index (χ0) is 10.5. The molecule has 1 aliphatic carbocycles. The zero-order valence-electron chi connectivity index (χ0n) is 10.0. The van der Waals surface area contributed by atoms with Crippen molar-refractivity contribution in [3.8, 4) is 0 Å². The van der Waals surface area contributed by atoms with Gasteiger partial charge in [0.15, 0.2) is 0 Å². The molecule has 1 saturated carbocycles. The maximum atomic E-state index is 3.57. The van der Waals surface area contributed by atoms with Crippen molar-refractivity contribution in [1.29, 1.82) is 0 Å². The summed E-state index contributed by atoms with van der Waals surface area (Å²) in [5.41, 5.74) is 0. The molecule has 1 saturated heterocycles. The summed E-state index contributed by atoms with van der Waals surface area (Å²) in [5.74, 6) is 2.42. The Kier molecular flexibility index (Phi) is 4.83. The molecule has 0 aromatic carbocycles. The molecule has 0 amide bonds. The molecule has 2 aliphatic rings. The van der Waals surface area contributed by atoms with Crippen LogP contribution in [0.1, 0.15) is 51.4 Å². The predicted octanol–water partition coefficient (Wildman–Crippen LogP) is 3.44. The SMILES string of the molecule is CNC(CC1CCCCC1)C1CCCS1. The monoisotopic (exact) mass is 227 g/mol. The number of thioether (sulfide) groups is 1. The summed E-state index contributed by atoms with van der Waals surface area (Å²) in [4.78, 5) is 0. The van der Waals surface area contributed by atoms with Gasteiger partial charge in [-0.2, -0.15) is 11.8 Å². The lowest BCUT2D eigenvalue weighted by molar-refractivity contribution is 0.299. The molecule has 0 bridgehead atoms. The lowest BCUT2D eigenvalue weighted by Gasteiger charge is -2.29. The van der Waals surface area contributed by atoms with Crippen LogP contribution in [-0.2, 0) is 0 Å². The van der Waals surface area contributed by atoms with Gasteiger partial charge in [0.1, 0.15) is 0 Å². The smallest absolute Gasteiger partial charge is 0.0201 e. The van der Waals surface area contributed by atoms with E-state index in [1.807, 2.05) is 0 Å². The third-order valence-electron chi connectivity index (χ3n) is 4.10. The third-order valence-corrected chi connectivity index (χ3v) is 5.61. The van der Waals surface area contributed by atoms with E-state index < -0.39 is 0 Å². The fourth-order valence-corrected chi connectivity index (χ4v) is 4.61.